The van der Waals surface area contributed by atoms with Crippen LogP contribution in [0.4, 0.5) is 4.79 Å². The summed E-state index contributed by atoms with van der Waals surface area (Å²) in [5.74, 6) is -0.883. The maximum absolute atomic E-state index is 11.8. The lowest BCUT2D eigenvalue weighted by Gasteiger charge is -2.22. The van der Waals surface area contributed by atoms with Crippen LogP contribution >= 0.6 is 0 Å². The Bertz CT molecular complexity index is 258. The molecular formula is C12H24N2O4. The van der Waals surface area contributed by atoms with Crippen molar-refractivity contribution >= 4 is 12.0 Å². The lowest BCUT2D eigenvalue weighted by atomic mass is 10.0. The summed E-state index contributed by atoms with van der Waals surface area (Å²) in [7, 11) is 0. The van der Waals surface area contributed by atoms with Gasteiger partial charge in [-0.3, -0.25) is 4.79 Å². The summed E-state index contributed by atoms with van der Waals surface area (Å²) in [4.78, 5) is 24.0. The normalized spacial score (nSPS) is 11.9. The molecule has 2 amide bonds. The van der Waals surface area contributed by atoms with Crippen molar-refractivity contribution in [1.29, 1.82) is 0 Å². The minimum Gasteiger partial charge on any atom is -0.481 e. The number of aliphatic hydroxyl groups is 1. The van der Waals surface area contributed by atoms with Gasteiger partial charge in [-0.2, -0.15) is 0 Å². The van der Waals surface area contributed by atoms with Crippen LogP contribution in [0.5, 0.6) is 0 Å². The molecule has 0 aromatic heterocycles. The van der Waals surface area contributed by atoms with Gasteiger partial charge in [0.05, 0.1) is 0 Å². The fraction of sp³-hybridized carbons (Fsp3) is 0.833. The van der Waals surface area contributed by atoms with Gasteiger partial charge in [0, 0.05) is 32.7 Å². The van der Waals surface area contributed by atoms with Gasteiger partial charge in [-0.15, -0.1) is 0 Å². The van der Waals surface area contributed by atoms with Gasteiger partial charge in [0.1, 0.15) is 0 Å². The van der Waals surface area contributed by atoms with E-state index in [1.807, 2.05) is 13.8 Å². The monoisotopic (exact) mass is 260 g/mol. The van der Waals surface area contributed by atoms with Crippen molar-refractivity contribution in [3.8, 4) is 0 Å². The smallest absolute Gasteiger partial charge is 0.317 e. The number of aliphatic carboxylic acids is 1. The Morgan fingerprint density at radius 1 is 1.33 bits per heavy atom. The highest BCUT2D eigenvalue weighted by atomic mass is 16.4. The molecule has 0 radical (unpaired) electrons. The molecular weight excluding hydrogens is 236 g/mol. The van der Waals surface area contributed by atoms with Crippen LogP contribution in [0.15, 0.2) is 0 Å². The van der Waals surface area contributed by atoms with E-state index in [0.29, 0.717) is 26.1 Å². The first-order valence-electron chi connectivity index (χ1n) is 6.40. The third-order valence-electron chi connectivity index (χ3n) is 2.84. The van der Waals surface area contributed by atoms with E-state index in [1.54, 1.807) is 4.90 Å². The SMILES string of the molecule is CCC(CNC(=O)N(CC)CCCO)CC(=O)O. The van der Waals surface area contributed by atoms with Crippen LogP contribution in [0.3, 0.4) is 0 Å². The minimum absolute atomic E-state index is 0.0389. The van der Waals surface area contributed by atoms with E-state index in [1.165, 1.54) is 0 Å². The molecule has 0 bridgehead atoms. The average molecular weight is 260 g/mol. The van der Waals surface area contributed by atoms with Crippen molar-refractivity contribution in [3.63, 3.8) is 0 Å². The molecule has 6 nitrogen and oxygen atoms in total. The molecule has 0 saturated carbocycles. The molecule has 0 fully saturated rings. The molecule has 6 heteroatoms. The van der Waals surface area contributed by atoms with Crippen LogP contribution in [0, 0.1) is 5.92 Å². The molecule has 18 heavy (non-hydrogen) atoms. The number of hydrogen-bond donors (Lipinski definition) is 3. The zero-order valence-corrected chi connectivity index (χ0v) is 11.2. The van der Waals surface area contributed by atoms with Gasteiger partial charge in [0.2, 0.25) is 0 Å². The largest absolute Gasteiger partial charge is 0.481 e. The zero-order chi connectivity index (χ0) is 14.0. The summed E-state index contributed by atoms with van der Waals surface area (Å²) in [6, 6.07) is -0.199. The van der Waals surface area contributed by atoms with E-state index >= 15 is 0 Å². The van der Waals surface area contributed by atoms with Crippen molar-refractivity contribution < 1.29 is 19.8 Å². The average Bonchev–Trinajstić information content (AvgIpc) is 2.34. The van der Waals surface area contributed by atoms with Crippen molar-refractivity contribution in [2.45, 2.75) is 33.1 Å². The predicted octanol–water partition coefficient (Wildman–Crippen LogP) is 0.901. The lowest BCUT2D eigenvalue weighted by molar-refractivity contribution is -0.138. The first-order valence-corrected chi connectivity index (χ1v) is 6.40. The van der Waals surface area contributed by atoms with Gasteiger partial charge in [0.15, 0.2) is 0 Å². The third kappa shape index (κ3) is 7.11. The Labute approximate surface area is 108 Å². The van der Waals surface area contributed by atoms with Gasteiger partial charge in [-0.25, -0.2) is 4.79 Å². The number of hydrogen-bond acceptors (Lipinski definition) is 3. The number of rotatable bonds is 9. The summed E-state index contributed by atoms with van der Waals surface area (Å²) >= 11 is 0. The van der Waals surface area contributed by atoms with Gasteiger partial charge in [-0.1, -0.05) is 13.3 Å². The number of aliphatic hydroxyl groups excluding tert-OH is 1. The van der Waals surface area contributed by atoms with Gasteiger partial charge in [-0.05, 0) is 19.3 Å². The maximum atomic E-state index is 11.8. The number of carboxylic acids is 1. The first-order chi connectivity index (χ1) is 8.54. The predicted molar refractivity (Wildman–Crippen MR) is 68.4 cm³/mol. The molecule has 0 spiro atoms. The Balaban J connectivity index is 4.07. The fourth-order valence-corrected chi connectivity index (χ4v) is 1.62. The highest BCUT2D eigenvalue weighted by molar-refractivity contribution is 5.74. The fourth-order valence-electron chi connectivity index (χ4n) is 1.62. The summed E-state index contributed by atoms with van der Waals surface area (Å²) in [6.45, 7) is 5.28. The number of nitrogens with one attached hydrogen (secondary N) is 1. The summed E-state index contributed by atoms with van der Waals surface area (Å²) in [5.41, 5.74) is 0. The maximum Gasteiger partial charge on any atom is 0.317 e. The molecule has 0 heterocycles. The van der Waals surface area contributed by atoms with Crippen molar-refractivity contribution in [1.82, 2.24) is 10.2 Å². The number of urea groups is 1. The minimum atomic E-state index is -0.844. The molecule has 0 aliphatic rings. The second-order valence-electron chi connectivity index (χ2n) is 4.22. The number of nitrogens with zero attached hydrogens (tertiary/aromatic N) is 1. The van der Waals surface area contributed by atoms with Crippen LogP contribution in [0.2, 0.25) is 0 Å². The van der Waals surface area contributed by atoms with E-state index in [0.717, 1.165) is 6.42 Å². The lowest BCUT2D eigenvalue weighted by Crippen LogP contribution is -2.42. The Morgan fingerprint density at radius 3 is 2.44 bits per heavy atom. The van der Waals surface area contributed by atoms with Crippen molar-refractivity contribution in [2.75, 3.05) is 26.2 Å². The second kappa shape index (κ2) is 9.70. The molecule has 0 aliphatic carbocycles. The molecule has 0 aromatic rings. The molecule has 0 rings (SSSR count). The summed E-state index contributed by atoms with van der Waals surface area (Å²) in [5, 5.41) is 20.2. The molecule has 3 N–H and O–H groups in total. The highest BCUT2D eigenvalue weighted by Gasteiger charge is 2.15. The molecule has 0 saturated heterocycles. The standard InChI is InChI=1S/C12H24N2O4/c1-3-10(8-11(16)17)9-13-12(18)14(4-2)6-5-7-15/h10,15H,3-9H2,1-2H3,(H,13,18)(H,16,17). The zero-order valence-electron chi connectivity index (χ0n) is 11.2. The topological polar surface area (TPSA) is 89.9 Å². The van der Waals surface area contributed by atoms with Crippen molar-refractivity contribution in [3.05, 3.63) is 0 Å². The van der Waals surface area contributed by atoms with E-state index in [-0.39, 0.29) is 25.0 Å². The number of carbonyl (C=O) groups is 2. The Morgan fingerprint density at radius 2 is 2.00 bits per heavy atom. The third-order valence-corrected chi connectivity index (χ3v) is 2.84. The summed E-state index contributed by atoms with van der Waals surface area (Å²) in [6.07, 6.45) is 1.34. The number of carboxylic acid groups (broad SMARTS) is 1. The molecule has 1 unspecified atom stereocenters. The molecule has 1 atom stereocenters. The quantitative estimate of drug-likeness (QED) is 0.574. The van der Waals surface area contributed by atoms with Crippen LogP contribution in [-0.4, -0.2) is 53.4 Å². The highest BCUT2D eigenvalue weighted by Crippen LogP contribution is 2.06. The van der Waals surface area contributed by atoms with E-state index in [9.17, 15) is 9.59 Å². The van der Waals surface area contributed by atoms with E-state index < -0.39 is 5.97 Å². The molecule has 0 aromatic carbocycles. The summed E-state index contributed by atoms with van der Waals surface area (Å²) < 4.78 is 0. The number of carbonyl (C=O) groups excluding carboxylic acids is 1. The van der Waals surface area contributed by atoms with Gasteiger partial charge in [0.25, 0.3) is 0 Å². The van der Waals surface area contributed by atoms with Crippen LogP contribution in [0.25, 0.3) is 0 Å². The van der Waals surface area contributed by atoms with Gasteiger partial charge < -0.3 is 20.4 Å². The second-order valence-corrected chi connectivity index (χ2v) is 4.22. The van der Waals surface area contributed by atoms with Crippen LogP contribution in [0.1, 0.15) is 33.1 Å². The van der Waals surface area contributed by atoms with Gasteiger partial charge >= 0.3 is 12.0 Å². The Kier molecular flexibility index (Phi) is 9.00. The van der Waals surface area contributed by atoms with E-state index in [2.05, 4.69) is 5.32 Å². The molecule has 0 aliphatic heterocycles. The molecule has 106 valence electrons. The number of amides is 2. The first kappa shape index (κ1) is 16.7. The van der Waals surface area contributed by atoms with E-state index in [4.69, 9.17) is 10.2 Å². The Hall–Kier alpha value is -1.30. The van der Waals surface area contributed by atoms with Crippen molar-refractivity contribution in [2.24, 2.45) is 5.92 Å². The van der Waals surface area contributed by atoms with Crippen LogP contribution in [-0.2, 0) is 4.79 Å². The van der Waals surface area contributed by atoms with Crippen LogP contribution < -0.4 is 5.32 Å².